The van der Waals surface area contributed by atoms with Gasteiger partial charge in [0.1, 0.15) is 18.8 Å². The Hall–Kier alpha value is -2.73. The number of aliphatic carboxylic acids is 1. The zero-order valence-corrected chi connectivity index (χ0v) is 18.0. The van der Waals surface area contributed by atoms with Crippen molar-refractivity contribution in [1.29, 1.82) is 0 Å². The van der Waals surface area contributed by atoms with E-state index in [4.69, 9.17) is 28.8 Å². The number of unbranched alkanes of at least 4 members (excludes halogenated alkanes) is 1. The van der Waals surface area contributed by atoms with E-state index >= 15 is 0 Å². The Kier molecular flexibility index (Phi) is 10.9. The number of hydrogen-bond acceptors (Lipinski definition) is 10. The van der Waals surface area contributed by atoms with Crippen LogP contribution in [-0.4, -0.2) is 78.7 Å². The second-order valence-corrected chi connectivity index (χ2v) is 6.94. The molecule has 1 aliphatic heterocycles. The third-order valence-corrected chi connectivity index (χ3v) is 4.14. The molecule has 0 bridgehead atoms. The van der Waals surface area contributed by atoms with Gasteiger partial charge in [-0.25, -0.2) is 0 Å². The molecular weight excluding hydrogens is 418 g/mol. The molecule has 1 saturated heterocycles. The number of carbonyl (C=O) groups excluding carboxylic acids is 4. The number of carboxylic acid groups (broad SMARTS) is 1. The molecule has 1 aliphatic rings. The van der Waals surface area contributed by atoms with Crippen LogP contribution in [0.5, 0.6) is 0 Å². The maximum atomic E-state index is 11.8. The first kappa shape index (κ1) is 26.3. The Morgan fingerprint density at radius 1 is 0.903 bits per heavy atom. The van der Waals surface area contributed by atoms with Crippen LogP contribution in [0.1, 0.15) is 47.0 Å². The lowest BCUT2D eigenvalue weighted by Gasteiger charge is -2.44. The average molecular weight is 447 g/mol. The SMILES string of the molecule is CC(=O)NC1[C@H](OCCCCC(=O)O)OC(COC(C)=O)[C@H](OC(C)=O)[C@@H]1OC(C)=O. The van der Waals surface area contributed by atoms with Crippen LogP contribution in [0.3, 0.4) is 0 Å². The van der Waals surface area contributed by atoms with Crippen molar-refractivity contribution in [3.8, 4) is 0 Å². The van der Waals surface area contributed by atoms with Gasteiger partial charge in [0.05, 0.1) is 0 Å². The summed E-state index contributed by atoms with van der Waals surface area (Å²) in [5.74, 6) is -3.43. The Bertz CT molecular complexity index is 665. The highest BCUT2D eigenvalue weighted by molar-refractivity contribution is 5.73. The zero-order chi connectivity index (χ0) is 23.6. The number of carboxylic acids is 1. The molecule has 0 spiro atoms. The minimum Gasteiger partial charge on any atom is -0.481 e. The van der Waals surface area contributed by atoms with E-state index < -0.39 is 60.4 Å². The molecule has 176 valence electrons. The average Bonchev–Trinajstić information content (AvgIpc) is 2.62. The predicted octanol–water partition coefficient (Wildman–Crippen LogP) is -0.0860. The van der Waals surface area contributed by atoms with Crippen LogP contribution in [-0.2, 0) is 47.7 Å². The molecule has 31 heavy (non-hydrogen) atoms. The van der Waals surface area contributed by atoms with Crippen molar-refractivity contribution in [2.75, 3.05) is 13.2 Å². The summed E-state index contributed by atoms with van der Waals surface area (Å²) < 4.78 is 27.1. The molecule has 12 nitrogen and oxygen atoms in total. The third-order valence-electron chi connectivity index (χ3n) is 4.14. The second-order valence-electron chi connectivity index (χ2n) is 6.94. The van der Waals surface area contributed by atoms with Crippen molar-refractivity contribution in [3.63, 3.8) is 0 Å². The van der Waals surface area contributed by atoms with Crippen LogP contribution in [0.2, 0.25) is 0 Å². The van der Waals surface area contributed by atoms with Crippen LogP contribution in [0, 0.1) is 0 Å². The lowest BCUT2D eigenvalue weighted by Crippen LogP contribution is -2.66. The van der Waals surface area contributed by atoms with Gasteiger partial charge in [0.25, 0.3) is 0 Å². The van der Waals surface area contributed by atoms with E-state index in [9.17, 15) is 24.0 Å². The molecule has 2 N–H and O–H groups in total. The van der Waals surface area contributed by atoms with E-state index in [1.807, 2.05) is 0 Å². The Morgan fingerprint density at radius 2 is 1.52 bits per heavy atom. The van der Waals surface area contributed by atoms with Crippen molar-refractivity contribution in [2.45, 2.75) is 77.6 Å². The van der Waals surface area contributed by atoms with Crippen LogP contribution >= 0.6 is 0 Å². The van der Waals surface area contributed by atoms with E-state index in [1.165, 1.54) is 13.8 Å². The monoisotopic (exact) mass is 447 g/mol. The van der Waals surface area contributed by atoms with E-state index in [0.29, 0.717) is 12.8 Å². The van der Waals surface area contributed by atoms with E-state index in [0.717, 1.165) is 13.8 Å². The fourth-order valence-electron chi connectivity index (χ4n) is 3.01. The zero-order valence-electron chi connectivity index (χ0n) is 18.0. The molecule has 0 aliphatic carbocycles. The highest BCUT2D eigenvalue weighted by Gasteiger charge is 2.51. The highest BCUT2D eigenvalue weighted by atomic mass is 16.7. The lowest BCUT2D eigenvalue weighted by molar-refractivity contribution is -0.277. The lowest BCUT2D eigenvalue weighted by atomic mass is 9.96. The fraction of sp³-hybridized carbons (Fsp3) is 0.737. The van der Waals surface area contributed by atoms with Gasteiger partial charge in [-0.3, -0.25) is 24.0 Å². The van der Waals surface area contributed by atoms with Crippen LogP contribution in [0.25, 0.3) is 0 Å². The van der Waals surface area contributed by atoms with E-state index in [1.54, 1.807) is 0 Å². The molecule has 1 amide bonds. The van der Waals surface area contributed by atoms with Gasteiger partial charge in [0, 0.05) is 40.7 Å². The van der Waals surface area contributed by atoms with Crippen molar-refractivity contribution in [1.82, 2.24) is 5.32 Å². The maximum absolute atomic E-state index is 11.8. The quantitative estimate of drug-likeness (QED) is 0.247. The number of ether oxygens (including phenoxy) is 5. The number of amides is 1. The number of rotatable bonds is 11. The van der Waals surface area contributed by atoms with Gasteiger partial charge < -0.3 is 34.1 Å². The number of hydrogen-bond donors (Lipinski definition) is 2. The summed E-state index contributed by atoms with van der Waals surface area (Å²) in [4.78, 5) is 57.0. The molecule has 0 aromatic carbocycles. The fourth-order valence-corrected chi connectivity index (χ4v) is 3.01. The van der Waals surface area contributed by atoms with Crippen molar-refractivity contribution in [2.24, 2.45) is 0 Å². The normalized spacial score (nSPS) is 25.2. The standard InChI is InChI=1S/C19H29NO11/c1-10(21)20-16-18(30-13(4)24)17(29-12(3)23)14(9-28-11(2)22)31-19(16)27-8-6-5-7-15(25)26/h14,16-19H,5-9H2,1-4H3,(H,20,21)(H,25,26)/t14?,16?,17-,18+,19+/m0/s1. The Balaban J connectivity index is 3.11. The summed E-state index contributed by atoms with van der Waals surface area (Å²) in [6.07, 6.45) is -3.87. The summed E-state index contributed by atoms with van der Waals surface area (Å²) >= 11 is 0. The minimum atomic E-state index is -1.19. The van der Waals surface area contributed by atoms with Crippen molar-refractivity contribution in [3.05, 3.63) is 0 Å². The minimum absolute atomic E-state index is 0.0380. The molecular formula is C19H29NO11. The topological polar surface area (TPSA) is 164 Å². The van der Waals surface area contributed by atoms with Gasteiger partial charge in [-0.05, 0) is 12.8 Å². The summed E-state index contributed by atoms with van der Waals surface area (Å²) in [5, 5.41) is 11.3. The first-order valence-electron chi connectivity index (χ1n) is 9.75. The van der Waals surface area contributed by atoms with E-state index in [2.05, 4.69) is 5.32 Å². The van der Waals surface area contributed by atoms with Gasteiger partial charge >= 0.3 is 23.9 Å². The smallest absolute Gasteiger partial charge is 0.303 e. The van der Waals surface area contributed by atoms with Crippen LogP contribution in [0.15, 0.2) is 0 Å². The van der Waals surface area contributed by atoms with Crippen molar-refractivity contribution < 1.29 is 52.8 Å². The summed E-state index contributed by atoms with van der Waals surface area (Å²) in [6.45, 7) is 4.47. The van der Waals surface area contributed by atoms with Gasteiger partial charge in [0.15, 0.2) is 18.5 Å². The summed E-state index contributed by atoms with van der Waals surface area (Å²) in [5.41, 5.74) is 0. The predicted molar refractivity (Wildman–Crippen MR) is 101 cm³/mol. The molecule has 1 rings (SSSR count). The van der Waals surface area contributed by atoms with Gasteiger partial charge in [-0.2, -0.15) is 0 Å². The number of carbonyl (C=O) groups is 5. The molecule has 0 aromatic rings. The maximum Gasteiger partial charge on any atom is 0.303 e. The summed E-state index contributed by atoms with van der Waals surface area (Å²) in [6, 6.07) is -1.04. The van der Waals surface area contributed by atoms with Crippen molar-refractivity contribution >= 4 is 29.8 Å². The molecule has 0 radical (unpaired) electrons. The number of esters is 3. The molecule has 5 atom stereocenters. The highest BCUT2D eigenvalue weighted by Crippen LogP contribution is 2.28. The van der Waals surface area contributed by atoms with Crippen LogP contribution in [0.4, 0.5) is 0 Å². The molecule has 2 unspecified atom stereocenters. The van der Waals surface area contributed by atoms with E-state index in [-0.39, 0.29) is 19.6 Å². The Labute approximate surface area is 179 Å². The van der Waals surface area contributed by atoms with Gasteiger partial charge in [-0.1, -0.05) is 0 Å². The van der Waals surface area contributed by atoms with Gasteiger partial charge in [0.2, 0.25) is 5.91 Å². The Morgan fingerprint density at radius 3 is 2.03 bits per heavy atom. The molecule has 1 heterocycles. The molecule has 1 fully saturated rings. The van der Waals surface area contributed by atoms with Gasteiger partial charge in [-0.15, -0.1) is 0 Å². The second kappa shape index (κ2) is 12.8. The molecule has 0 aromatic heterocycles. The summed E-state index contributed by atoms with van der Waals surface area (Å²) in [7, 11) is 0. The first-order valence-corrected chi connectivity index (χ1v) is 9.75. The first-order chi connectivity index (χ1) is 14.5. The molecule has 0 saturated carbocycles. The largest absolute Gasteiger partial charge is 0.481 e. The number of nitrogens with one attached hydrogen (secondary N) is 1. The molecule has 12 heteroatoms. The third kappa shape index (κ3) is 9.75. The van der Waals surface area contributed by atoms with Crippen LogP contribution < -0.4 is 5.32 Å².